The molecule has 0 fully saturated rings. The van der Waals surface area contributed by atoms with Crippen molar-refractivity contribution in [2.24, 2.45) is 0 Å². The molecule has 0 saturated heterocycles. The van der Waals surface area contributed by atoms with Crippen LogP contribution in [0.3, 0.4) is 0 Å². The molecule has 30 heavy (non-hydrogen) atoms. The fourth-order valence-electron chi connectivity index (χ4n) is 2.81. The number of hydrogen-bond donors (Lipinski definition) is 2. The minimum atomic E-state index is -3.73. The number of halogens is 1. The first-order valence-electron chi connectivity index (χ1n) is 9.11. The molecule has 3 aromatic carbocycles. The van der Waals surface area contributed by atoms with Crippen molar-refractivity contribution in [2.75, 3.05) is 16.6 Å². The van der Waals surface area contributed by atoms with Gasteiger partial charge in [-0.3, -0.25) is 9.52 Å². The third-order valence-corrected chi connectivity index (χ3v) is 6.04. The van der Waals surface area contributed by atoms with Gasteiger partial charge < -0.3 is 10.1 Å². The average molecular weight is 489 g/mol. The molecule has 6 nitrogen and oxygen atoms in total. The normalized spacial score (nSPS) is 11.0. The molecule has 0 radical (unpaired) electrons. The molecule has 0 aromatic heterocycles. The molecule has 0 aliphatic carbocycles. The molecule has 0 saturated carbocycles. The van der Waals surface area contributed by atoms with E-state index in [1.54, 1.807) is 24.3 Å². The van der Waals surface area contributed by atoms with E-state index in [0.717, 1.165) is 15.6 Å². The van der Waals surface area contributed by atoms with Gasteiger partial charge in [-0.25, -0.2) is 8.42 Å². The number of aryl methyl sites for hydroxylation is 2. The predicted molar refractivity (Wildman–Crippen MR) is 121 cm³/mol. The highest BCUT2D eigenvalue weighted by atomic mass is 79.9. The van der Waals surface area contributed by atoms with Gasteiger partial charge in [0.05, 0.1) is 4.90 Å². The Balaban J connectivity index is 1.59. The van der Waals surface area contributed by atoms with Crippen LogP contribution in [0.2, 0.25) is 0 Å². The Morgan fingerprint density at radius 1 is 0.900 bits per heavy atom. The average Bonchev–Trinajstić information content (AvgIpc) is 2.68. The summed E-state index contributed by atoms with van der Waals surface area (Å²) in [4.78, 5) is 12.2. The molecule has 156 valence electrons. The van der Waals surface area contributed by atoms with Gasteiger partial charge in [0.25, 0.3) is 15.9 Å². The Bertz CT molecular complexity index is 1120. The SMILES string of the molecule is Cc1cc(C)cc(OCC(=O)Nc2ccc(S(=O)(=O)Nc3ccc(Br)cc3)cc2)c1. The van der Waals surface area contributed by atoms with Crippen molar-refractivity contribution in [3.63, 3.8) is 0 Å². The van der Waals surface area contributed by atoms with Crippen LogP contribution in [-0.2, 0) is 14.8 Å². The number of benzene rings is 3. The van der Waals surface area contributed by atoms with E-state index in [0.29, 0.717) is 17.1 Å². The zero-order valence-corrected chi connectivity index (χ0v) is 18.9. The number of sulfonamides is 1. The Morgan fingerprint density at radius 3 is 2.07 bits per heavy atom. The molecule has 1 amide bonds. The van der Waals surface area contributed by atoms with Gasteiger partial charge in [0.2, 0.25) is 0 Å². The molecule has 8 heteroatoms. The Labute approximate surface area is 184 Å². The van der Waals surface area contributed by atoms with Crippen molar-refractivity contribution in [3.05, 3.63) is 82.3 Å². The number of anilines is 2. The smallest absolute Gasteiger partial charge is 0.262 e. The molecule has 3 rings (SSSR count). The summed E-state index contributed by atoms with van der Waals surface area (Å²) >= 11 is 3.31. The monoisotopic (exact) mass is 488 g/mol. The van der Waals surface area contributed by atoms with Gasteiger partial charge in [0, 0.05) is 15.8 Å². The summed E-state index contributed by atoms with van der Waals surface area (Å²) in [7, 11) is -3.73. The van der Waals surface area contributed by atoms with Gasteiger partial charge in [-0.1, -0.05) is 22.0 Å². The third kappa shape index (κ3) is 6.08. The zero-order chi connectivity index (χ0) is 21.7. The van der Waals surface area contributed by atoms with E-state index in [9.17, 15) is 13.2 Å². The van der Waals surface area contributed by atoms with Crippen LogP contribution in [0.4, 0.5) is 11.4 Å². The number of hydrogen-bond acceptors (Lipinski definition) is 4. The van der Waals surface area contributed by atoms with Crippen molar-refractivity contribution in [3.8, 4) is 5.75 Å². The molecular weight excluding hydrogens is 468 g/mol. The highest BCUT2D eigenvalue weighted by molar-refractivity contribution is 9.10. The molecule has 0 atom stereocenters. The van der Waals surface area contributed by atoms with Crippen LogP contribution in [0, 0.1) is 13.8 Å². The van der Waals surface area contributed by atoms with Crippen LogP contribution in [0.5, 0.6) is 5.75 Å². The van der Waals surface area contributed by atoms with Gasteiger partial charge in [-0.05, 0) is 85.6 Å². The lowest BCUT2D eigenvalue weighted by Crippen LogP contribution is -2.20. The minimum Gasteiger partial charge on any atom is -0.484 e. The Hall–Kier alpha value is -2.84. The van der Waals surface area contributed by atoms with E-state index in [4.69, 9.17) is 4.74 Å². The molecule has 0 unspecified atom stereocenters. The maximum absolute atomic E-state index is 12.5. The van der Waals surface area contributed by atoms with Crippen LogP contribution in [0.15, 0.2) is 76.1 Å². The van der Waals surface area contributed by atoms with E-state index in [1.165, 1.54) is 24.3 Å². The van der Waals surface area contributed by atoms with Gasteiger partial charge in [0.1, 0.15) is 5.75 Å². The largest absolute Gasteiger partial charge is 0.484 e. The summed E-state index contributed by atoms with van der Waals surface area (Å²) in [5.74, 6) is 0.292. The summed E-state index contributed by atoms with van der Waals surface area (Å²) in [6.45, 7) is 3.77. The van der Waals surface area contributed by atoms with Gasteiger partial charge in [0.15, 0.2) is 6.61 Å². The van der Waals surface area contributed by atoms with E-state index in [2.05, 4.69) is 26.0 Å². The second-order valence-electron chi connectivity index (χ2n) is 6.80. The second kappa shape index (κ2) is 9.32. The molecule has 0 aliphatic rings. The van der Waals surface area contributed by atoms with Crippen LogP contribution >= 0.6 is 15.9 Å². The van der Waals surface area contributed by atoms with Crippen molar-refractivity contribution in [2.45, 2.75) is 18.7 Å². The molecular formula is C22H21BrN2O4S. The van der Waals surface area contributed by atoms with Crippen molar-refractivity contribution < 1.29 is 17.9 Å². The van der Waals surface area contributed by atoms with Gasteiger partial charge in [-0.15, -0.1) is 0 Å². The van der Waals surface area contributed by atoms with Crippen molar-refractivity contribution in [1.29, 1.82) is 0 Å². The minimum absolute atomic E-state index is 0.0925. The quantitative estimate of drug-likeness (QED) is 0.495. The summed E-state index contributed by atoms with van der Waals surface area (Å²) in [6, 6.07) is 18.5. The van der Waals surface area contributed by atoms with E-state index in [-0.39, 0.29) is 17.4 Å². The van der Waals surface area contributed by atoms with E-state index >= 15 is 0 Å². The first-order chi connectivity index (χ1) is 14.2. The molecule has 3 aromatic rings. The number of nitrogens with one attached hydrogen (secondary N) is 2. The van der Waals surface area contributed by atoms with E-state index < -0.39 is 10.0 Å². The summed E-state index contributed by atoms with van der Waals surface area (Å²) < 4.78 is 33.9. The van der Waals surface area contributed by atoms with Crippen molar-refractivity contribution in [1.82, 2.24) is 0 Å². The Kier molecular flexibility index (Phi) is 6.79. The molecule has 0 spiro atoms. The standard InChI is InChI=1S/C22H21BrN2O4S/c1-15-11-16(2)13-20(12-15)29-14-22(26)24-18-7-9-21(10-8-18)30(27,28)25-19-5-3-17(23)4-6-19/h3-13,25H,14H2,1-2H3,(H,24,26). The summed E-state index contributed by atoms with van der Waals surface area (Å²) in [6.07, 6.45) is 0. The van der Waals surface area contributed by atoms with E-state index in [1.807, 2.05) is 32.0 Å². The number of carbonyl (C=O) groups is 1. The third-order valence-electron chi connectivity index (χ3n) is 4.11. The lowest BCUT2D eigenvalue weighted by atomic mass is 10.1. The second-order valence-corrected chi connectivity index (χ2v) is 9.40. The van der Waals surface area contributed by atoms with Crippen LogP contribution < -0.4 is 14.8 Å². The highest BCUT2D eigenvalue weighted by Crippen LogP contribution is 2.20. The fraction of sp³-hybridized carbons (Fsp3) is 0.136. The molecule has 2 N–H and O–H groups in total. The number of amides is 1. The van der Waals surface area contributed by atoms with Crippen LogP contribution in [0.1, 0.15) is 11.1 Å². The van der Waals surface area contributed by atoms with Crippen molar-refractivity contribution >= 4 is 43.2 Å². The predicted octanol–water partition coefficient (Wildman–Crippen LogP) is 4.88. The first-order valence-corrected chi connectivity index (χ1v) is 11.4. The topological polar surface area (TPSA) is 84.5 Å². The number of carbonyl (C=O) groups excluding carboxylic acids is 1. The Morgan fingerprint density at radius 2 is 1.47 bits per heavy atom. The first kappa shape index (κ1) is 21.9. The highest BCUT2D eigenvalue weighted by Gasteiger charge is 2.14. The summed E-state index contributed by atoms with van der Waals surface area (Å²) in [5, 5.41) is 2.69. The zero-order valence-electron chi connectivity index (χ0n) is 16.5. The fourth-order valence-corrected chi connectivity index (χ4v) is 4.13. The van der Waals surface area contributed by atoms with Crippen LogP contribution in [-0.4, -0.2) is 20.9 Å². The number of ether oxygens (including phenoxy) is 1. The molecule has 0 aliphatic heterocycles. The lowest BCUT2D eigenvalue weighted by molar-refractivity contribution is -0.118. The summed E-state index contributed by atoms with van der Waals surface area (Å²) in [5.41, 5.74) is 3.05. The number of rotatable bonds is 7. The van der Waals surface area contributed by atoms with Gasteiger partial charge >= 0.3 is 0 Å². The maximum atomic E-state index is 12.5. The molecule has 0 bridgehead atoms. The van der Waals surface area contributed by atoms with Gasteiger partial charge in [-0.2, -0.15) is 0 Å². The lowest BCUT2D eigenvalue weighted by Gasteiger charge is -2.11. The maximum Gasteiger partial charge on any atom is 0.262 e. The van der Waals surface area contributed by atoms with Crippen LogP contribution in [0.25, 0.3) is 0 Å². The molecule has 0 heterocycles.